The van der Waals surface area contributed by atoms with Crippen molar-refractivity contribution >= 4 is 27.5 Å². The maximum atomic E-state index is 11.8. The first kappa shape index (κ1) is 15.6. The van der Waals surface area contributed by atoms with Crippen molar-refractivity contribution in [3.63, 3.8) is 0 Å². The highest BCUT2D eigenvalue weighted by Gasteiger charge is 2.03. The zero-order valence-corrected chi connectivity index (χ0v) is 13.5. The van der Waals surface area contributed by atoms with Crippen LogP contribution in [0.3, 0.4) is 0 Å². The number of hydrogen-bond acceptors (Lipinski definition) is 2. The minimum Gasteiger partial charge on any atom is -0.494 e. The van der Waals surface area contributed by atoms with Gasteiger partial charge >= 0.3 is 0 Å². The van der Waals surface area contributed by atoms with Gasteiger partial charge in [0.2, 0.25) is 5.91 Å². The summed E-state index contributed by atoms with van der Waals surface area (Å²) in [5.41, 5.74) is 1.97. The van der Waals surface area contributed by atoms with Crippen molar-refractivity contribution in [2.45, 2.75) is 19.8 Å². The quantitative estimate of drug-likeness (QED) is 0.778. The molecule has 1 N–H and O–H groups in total. The van der Waals surface area contributed by atoms with Crippen molar-refractivity contribution in [2.75, 3.05) is 11.9 Å². The summed E-state index contributed by atoms with van der Waals surface area (Å²) >= 11 is 3.38. The van der Waals surface area contributed by atoms with E-state index < -0.39 is 0 Å². The Morgan fingerprint density at radius 1 is 1.19 bits per heavy atom. The molecule has 0 bridgehead atoms. The molecule has 0 aliphatic carbocycles. The van der Waals surface area contributed by atoms with Gasteiger partial charge in [-0.25, -0.2) is 0 Å². The smallest absolute Gasteiger partial charge is 0.224 e. The number of aryl methyl sites for hydroxylation is 1. The molecule has 2 aromatic rings. The van der Waals surface area contributed by atoms with E-state index in [0.29, 0.717) is 19.4 Å². The Balaban J connectivity index is 1.70. The second-order valence-electron chi connectivity index (χ2n) is 4.83. The second kappa shape index (κ2) is 7.84. The largest absolute Gasteiger partial charge is 0.494 e. The molecule has 0 aliphatic rings. The number of anilines is 1. The summed E-state index contributed by atoms with van der Waals surface area (Å²) in [6.07, 6.45) is 1.13. The minimum atomic E-state index is 0.000872. The number of halogens is 1. The van der Waals surface area contributed by atoms with Crippen molar-refractivity contribution in [3.05, 3.63) is 58.6 Å². The molecule has 0 spiro atoms. The summed E-state index contributed by atoms with van der Waals surface area (Å²) in [6, 6.07) is 15.5. The molecule has 0 heterocycles. The van der Waals surface area contributed by atoms with Crippen LogP contribution in [0.4, 0.5) is 5.69 Å². The van der Waals surface area contributed by atoms with E-state index in [2.05, 4.69) is 21.2 Å². The summed E-state index contributed by atoms with van der Waals surface area (Å²) in [5, 5.41) is 2.87. The Morgan fingerprint density at radius 3 is 2.76 bits per heavy atom. The average Bonchev–Trinajstić information content (AvgIpc) is 2.44. The van der Waals surface area contributed by atoms with Gasteiger partial charge in [-0.1, -0.05) is 34.1 Å². The van der Waals surface area contributed by atoms with Crippen molar-refractivity contribution in [3.8, 4) is 5.75 Å². The third kappa shape index (κ3) is 5.60. The molecular formula is C17H18BrNO2. The normalized spacial score (nSPS) is 10.2. The Labute approximate surface area is 133 Å². The first-order valence-corrected chi connectivity index (χ1v) is 7.68. The predicted molar refractivity (Wildman–Crippen MR) is 88.7 cm³/mol. The minimum absolute atomic E-state index is 0.000872. The molecule has 2 aromatic carbocycles. The third-order valence-electron chi connectivity index (χ3n) is 2.91. The van der Waals surface area contributed by atoms with Gasteiger partial charge in [0.05, 0.1) is 6.61 Å². The Morgan fingerprint density at radius 2 is 2.00 bits per heavy atom. The maximum Gasteiger partial charge on any atom is 0.224 e. The number of hydrogen-bond donors (Lipinski definition) is 1. The molecule has 1 amide bonds. The molecule has 0 aliphatic heterocycles. The molecule has 3 nitrogen and oxygen atoms in total. The summed E-state index contributed by atoms with van der Waals surface area (Å²) in [6.45, 7) is 2.56. The van der Waals surface area contributed by atoms with Crippen LogP contribution in [0.25, 0.3) is 0 Å². The lowest BCUT2D eigenvalue weighted by molar-refractivity contribution is -0.116. The van der Waals surface area contributed by atoms with Crippen molar-refractivity contribution in [2.24, 2.45) is 0 Å². The van der Waals surface area contributed by atoms with Gasteiger partial charge in [-0.3, -0.25) is 4.79 Å². The van der Waals surface area contributed by atoms with Crippen LogP contribution in [0.15, 0.2) is 53.0 Å². The van der Waals surface area contributed by atoms with Gasteiger partial charge < -0.3 is 10.1 Å². The van der Waals surface area contributed by atoms with Gasteiger partial charge in [0.1, 0.15) is 5.75 Å². The molecule has 110 valence electrons. The Kier molecular flexibility index (Phi) is 5.81. The van der Waals surface area contributed by atoms with E-state index >= 15 is 0 Å². The van der Waals surface area contributed by atoms with Crippen LogP contribution in [-0.2, 0) is 4.79 Å². The third-order valence-corrected chi connectivity index (χ3v) is 3.41. The van der Waals surface area contributed by atoms with Crippen LogP contribution in [0, 0.1) is 6.92 Å². The zero-order chi connectivity index (χ0) is 15.1. The first-order valence-electron chi connectivity index (χ1n) is 6.88. The number of rotatable bonds is 6. The van der Waals surface area contributed by atoms with Crippen LogP contribution < -0.4 is 10.1 Å². The zero-order valence-electron chi connectivity index (χ0n) is 11.9. The fourth-order valence-corrected chi connectivity index (χ4v) is 2.32. The molecule has 21 heavy (non-hydrogen) atoms. The highest BCUT2D eigenvalue weighted by atomic mass is 79.9. The van der Waals surface area contributed by atoms with Gasteiger partial charge in [-0.05, 0) is 49.2 Å². The van der Waals surface area contributed by atoms with E-state index in [1.54, 1.807) is 0 Å². The molecule has 0 fully saturated rings. The fraction of sp³-hybridized carbons (Fsp3) is 0.235. The topological polar surface area (TPSA) is 38.3 Å². The molecule has 0 atom stereocenters. The fourth-order valence-electron chi connectivity index (χ4n) is 1.92. The summed E-state index contributed by atoms with van der Waals surface area (Å²) in [4.78, 5) is 11.8. The van der Waals surface area contributed by atoms with Gasteiger partial charge in [0.25, 0.3) is 0 Å². The van der Waals surface area contributed by atoms with E-state index in [9.17, 15) is 4.79 Å². The monoisotopic (exact) mass is 347 g/mol. The number of amides is 1. The van der Waals surface area contributed by atoms with Gasteiger partial charge in [-0.15, -0.1) is 0 Å². The van der Waals surface area contributed by atoms with E-state index in [0.717, 1.165) is 15.9 Å². The van der Waals surface area contributed by atoms with Crippen LogP contribution in [0.1, 0.15) is 18.4 Å². The van der Waals surface area contributed by atoms with Crippen LogP contribution >= 0.6 is 15.9 Å². The lowest BCUT2D eigenvalue weighted by Crippen LogP contribution is -2.12. The molecule has 0 radical (unpaired) electrons. The van der Waals surface area contributed by atoms with E-state index in [4.69, 9.17) is 4.74 Å². The lowest BCUT2D eigenvalue weighted by atomic mass is 10.2. The van der Waals surface area contributed by atoms with Crippen LogP contribution in [0.2, 0.25) is 0 Å². The van der Waals surface area contributed by atoms with Crippen LogP contribution in [0.5, 0.6) is 5.75 Å². The molecular weight excluding hydrogens is 330 g/mol. The number of ether oxygens (including phenoxy) is 1. The predicted octanol–water partition coefficient (Wildman–Crippen LogP) is 4.56. The standard InChI is InChI=1S/C17H18BrNO2/c1-13-5-2-8-16(11-13)21-10-4-9-17(20)19-15-7-3-6-14(18)12-15/h2-3,5-8,11-12H,4,9-10H2,1H3,(H,19,20). The molecule has 0 unspecified atom stereocenters. The van der Waals surface area contributed by atoms with E-state index in [-0.39, 0.29) is 5.91 Å². The van der Waals surface area contributed by atoms with E-state index in [1.807, 2.05) is 55.5 Å². The number of benzene rings is 2. The van der Waals surface area contributed by atoms with Crippen molar-refractivity contribution in [1.82, 2.24) is 0 Å². The van der Waals surface area contributed by atoms with Crippen molar-refractivity contribution < 1.29 is 9.53 Å². The Hall–Kier alpha value is -1.81. The SMILES string of the molecule is Cc1cccc(OCCCC(=O)Nc2cccc(Br)c2)c1. The summed E-state index contributed by atoms with van der Waals surface area (Å²) in [5.74, 6) is 0.850. The molecule has 4 heteroatoms. The van der Waals surface area contributed by atoms with Crippen LogP contribution in [-0.4, -0.2) is 12.5 Å². The second-order valence-corrected chi connectivity index (χ2v) is 5.74. The number of carbonyl (C=O) groups is 1. The molecule has 2 rings (SSSR count). The summed E-state index contributed by atoms with van der Waals surface area (Å²) in [7, 11) is 0. The maximum absolute atomic E-state index is 11.8. The molecule has 0 saturated carbocycles. The highest BCUT2D eigenvalue weighted by molar-refractivity contribution is 9.10. The van der Waals surface area contributed by atoms with Crippen molar-refractivity contribution in [1.29, 1.82) is 0 Å². The highest BCUT2D eigenvalue weighted by Crippen LogP contribution is 2.16. The number of carbonyl (C=O) groups excluding carboxylic acids is 1. The van der Waals surface area contributed by atoms with Gasteiger partial charge in [-0.2, -0.15) is 0 Å². The van der Waals surface area contributed by atoms with Gasteiger partial charge in [0.15, 0.2) is 0 Å². The Bertz CT molecular complexity index is 613. The first-order chi connectivity index (χ1) is 10.1. The van der Waals surface area contributed by atoms with E-state index in [1.165, 1.54) is 5.56 Å². The molecule has 0 saturated heterocycles. The molecule has 0 aromatic heterocycles. The van der Waals surface area contributed by atoms with Gasteiger partial charge in [0, 0.05) is 16.6 Å². The number of nitrogens with one attached hydrogen (secondary N) is 1. The summed E-state index contributed by atoms with van der Waals surface area (Å²) < 4.78 is 6.57. The average molecular weight is 348 g/mol. The lowest BCUT2D eigenvalue weighted by Gasteiger charge is -2.08.